The Morgan fingerprint density at radius 3 is 0.987 bits per heavy atom. The maximum absolute atomic E-state index is 13.2. The van der Waals surface area contributed by atoms with Gasteiger partial charge in [-0.1, -0.05) is 322 Å². The second-order valence-electron chi connectivity index (χ2n) is 23.6. The van der Waals surface area contributed by atoms with Gasteiger partial charge >= 0.3 is 0 Å². The first kappa shape index (κ1) is 72.1. The zero-order valence-corrected chi connectivity index (χ0v) is 49.3. The maximum Gasteiger partial charge on any atom is 0.249 e. The molecule has 9 atom stereocenters. The molecule has 11 nitrogen and oxygen atoms in total. The zero-order valence-electron chi connectivity index (χ0n) is 49.3. The SMILES string of the molecule is CCCCCCCCCCCCCCCCCCCCCCCCCCCCCC(O)C(=O)NC(COC1OC(CO)C(O)C(O)C1O)C(O)C(O)CCCCCCCCCCCCCCCCCCCCCCC. The summed E-state index contributed by atoms with van der Waals surface area (Å²) in [5, 5.41) is 76.4. The highest BCUT2D eigenvalue weighted by Crippen LogP contribution is 2.24. The quantitative estimate of drug-likeness (QED) is 0.0272. The molecule has 0 aromatic carbocycles. The van der Waals surface area contributed by atoms with E-state index < -0.39 is 74.2 Å². The van der Waals surface area contributed by atoms with Gasteiger partial charge in [-0.05, 0) is 12.8 Å². The molecule has 8 N–H and O–H groups in total. The molecule has 0 radical (unpaired) electrons. The summed E-state index contributed by atoms with van der Waals surface area (Å²) in [5.74, 6) is -0.687. The molecule has 0 aliphatic carbocycles. The molecule has 0 saturated carbocycles. The molecule has 1 saturated heterocycles. The minimum Gasteiger partial charge on any atom is -0.394 e. The molecule has 1 rings (SSSR count). The average molecular weight is 1070 g/mol. The third-order valence-corrected chi connectivity index (χ3v) is 16.4. The van der Waals surface area contributed by atoms with Crippen molar-refractivity contribution in [1.82, 2.24) is 5.32 Å². The molecular weight excluding hydrogens is 943 g/mol. The van der Waals surface area contributed by atoms with Crippen LogP contribution in [-0.4, -0.2) is 110 Å². The lowest BCUT2D eigenvalue weighted by Crippen LogP contribution is -2.60. The van der Waals surface area contributed by atoms with Crippen LogP contribution in [0.2, 0.25) is 0 Å². The smallest absolute Gasteiger partial charge is 0.249 e. The van der Waals surface area contributed by atoms with E-state index in [9.17, 15) is 40.5 Å². The lowest BCUT2D eigenvalue weighted by molar-refractivity contribution is -0.303. The number of rotatable bonds is 58. The topological polar surface area (TPSA) is 189 Å². The Hall–Kier alpha value is -0.890. The Labute approximate surface area is 462 Å². The molecular formula is C64H127NO10. The second kappa shape index (κ2) is 53.7. The van der Waals surface area contributed by atoms with E-state index in [-0.39, 0.29) is 6.42 Å². The number of carbonyl (C=O) groups is 1. The van der Waals surface area contributed by atoms with Crippen molar-refractivity contribution in [2.75, 3.05) is 13.2 Å². The van der Waals surface area contributed by atoms with Crippen molar-refractivity contribution in [1.29, 1.82) is 0 Å². The molecule has 1 heterocycles. The fourth-order valence-electron chi connectivity index (χ4n) is 11.1. The van der Waals surface area contributed by atoms with E-state index >= 15 is 0 Å². The van der Waals surface area contributed by atoms with Gasteiger partial charge in [-0.15, -0.1) is 0 Å². The first-order valence-electron chi connectivity index (χ1n) is 32.9. The van der Waals surface area contributed by atoms with Crippen molar-refractivity contribution >= 4 is 5.91 Å². The summed E-state index contributed by atoms with van der Waals surface area (Å²) in [7, 11) is 0. The van der Waals surface area contributed by atoms with E-state index in [1.54, 1.807) is 0 Å². The molecule has 75 heavy (non-hydrogen) atoms. The van der Waals surface area contributed by atoms with E-state index in [2.05, 4.69) is 19.2 Å². The summed E-state index contributed by atoms with van der Waals surface area (Å²) < 4.78 is 11.2. The van der Waals surface area contributed by atoms with Gasteiger partial charge in [-0.2, -0.15) is 0 Å². The number of nitrogens with one attached hydrogen (secondary N) is 1. The molecule has 0 aromatic heterocycles. The average Bonchev–Trinajstić information content (AvgIpc) is 3.41. The summed E-state index contributed by atoms with van der Waals surface area (Å²) in [4.78, 5) is 13.2. The Balaban J connectivity index is 2.22. The number of hydrogen-bond donors (Lipinski definition) is 8. The van der Waals surface area contributed by atoms with Crippen LogP contribution in [0.4, 0.5) is 0 Å². The first-order chi connectivity index (χ1) is 36.7. The molecule has 0 aromatic rings. The van der Waals surface area contributed by atoms with E-state index in [0.29, 0.717) is 19.3 Å². The number of aliphatic hydroxyl groups excluding tert-OH is 7. The van der Waals surface area contributed by atoms with Gasteiger partial charge in [0, 0.05) is 0 Å². The highest BCUT2D eigenvalue weighted by molar-refractivity contribution is 5.80. The highest BCUT2D eigenvalue weighted by atomic mass is 16.7. The predicted octanol–water partition coefficient (Wildman–Crippen LogP) is 14.9. The Morgan fingerprint density at radius 1 is 0.413 bits per heavy atom. The number of ether oxygens (including phenoxy) is 2. The van der Waals surface area contributed by atoms with E-state index in [1.165, 1.54) is 257 Å². The van der Waals surface area contributed by atoms with E-state index in [4.69, 9.17) is 9.47 Å². The zero-order chi connectivity index (χ0) is 54.7. The van der Waals surface area contributed by atoms with E-state index in [0.717, 1.165) is 38.5 Å². The van der Waals surface area contributed by atoms with Gasteiger partial charge in [0.2, 0.25) is 5.91 Å². The van der Waals surface area contributed by atoms with Crippen LogP contribution < -0.4 is 5.32 Å². The summed E-state index contributed by atoms with van der Waals surface area (Å²) in [5.41, 5.74) is 0. The third-order valence-electron chi connectivity index (χ3n) is 16.4. The third kappa shape index (κ3) is 41.7. The largest absolute Gasteiger partial charge is 0.394 e. The van der Waals surface area contributed by atoms with E-state index in [1.807, 2.05) is 0 Å². The van der Waals surface area contributed by atoms with Crippen LogP contribution in [0.3, 0.4) is 0 Å². The number of hydrogen-bond acceptors (Lipinski definition) is 10. The van der Waals surface area contributed by atoms with Crippen molar-refractivity contribution in [2.45, 2.75) is 390 Å². The lowest BCUT2D eigenvalue weighted by Gasteiger charge is -2.40. The molecule has 448 valence electrons. The number of aliphatic hydroxyl groups is 7. The van der Waals surface area contributed by atoms with Gasteiger partial charge in [0.15, 0.2) is 6.29 Å². The van der Waals surface area contributed by atoms with Crippen LogP contribution in [-0.2, 0) is 14.3 Å². The van der Waals surface area contributed by atoms with Crippen molar-refractivity contribution in [2.24, 2.45) is 0 Å². The summed E-state index contributed by atoms with van der Waals surface area (Å²) in [6.45, 7) is 3.52. The van der Waals surface area contributed by atoms with Crippen molar-refractivity contribution in [3.8, 4) is 0 Å². The molecule has 0 bridgehead atoms. The molecule has 0 spiro atoms. The Kier molecular flexibility index (Phi) is 51.7. The number of unbranched alkanes of at least 4 members (excludes halogenated alkanes) is 46. The molecule has 1 aliphatic rings. The minimum absolute atomic E-state index is 0.267. The van der Waals surface area contributed by atoms with Gasteiger partial charge in [0.05, 0.1) is 25.4 Å². The molecule has 1 fully saturated rings. The summed E-state index contributed by atoms with van der Waals surface area (Å²) in [6, 6.07) is -1.16. The fourth-order valence-corrected chi connectivity index (χ4v) is 11.1. The summed E-state index contributed by atoms with van der Waals surface area (Å²) in [6.07, 6.45) is 51.7. The lowest BCUT2D eigenvalue weighted by atomic mass is 9.98. The van der Waals surface area contributed by atoms with Gasteiger partial charge in [-0.25, -0.2) is 0 Å². The molecule has 1 aliphatic heterocycles. The predicted molar refractivity (Wildman–Crippen MR) is 312 cm³/mol. The van der Waals surface area contributed by atoms with Crippen LogP contribution in [0, 0.1) is 0 Å². The number of amides is 1. The molecule has 11 heteroatoms. The fraction of sp³-hybridized carbons (Fsp3) is 0.984. The van der Waals surface area contributed by atoms with Crippen LogP contribution in [0.1, 0.15) is 335 Å². The molecule has 1 amide bonds. The van der Waals surface area contributed by atoms with Crippen LogP contribution in [0.15, 0.2) is 0 Å². The monoisotopic (exact) mass is 1070 g/mol. The summed E-state index contributed by atoms with van der Waals surface area (Å²) >= 11 is 0. The Morgan fingerprint density at radius 2 is 0.693 bits per heavy atom. The van der Waals surface area contributed by atoms with Gasteiger partial charge in [0.25, 0.3) is 0 Å². The van der Waals surface area contributed by atoms with Crippen molar-refractivity contribution < 1.29 is 50.0 Å². The van der Waals surface area contributed by atoms with Crippen LogP contribution in [0.25, 0.3) is 0 Å². The normalized spacial score (nSPS) is 19.6. The Bertz CT molecular complexity index is 1180. The second-order valence-corrected chi connectivity index (χ2v) is 23.6. The van der Waals surface area contributed by atoms with Crippen molar-refractivity contribution in [3.63, 3.8) is 0 Å². The van der Waals surface area contributed by atoms with Gasteiger partial charge in [0.1, 0.15) is 36.6 Å². The minimum atomic E-state index is -1.66. The first-order valence-corrected chi connectivity index (χ1v) is 32.9. The van der Waals surface area contributed by atoms with Crippen molar-refractivity contribution in [3.05, 3.63) is 0 Å². The van der Waals surface area contributed by atoms with Crippen LogP contribution in [0.5, 0.6) is 0 Å². The molecule has 9 unspecified atom stereocenters. The van der Waals surface area contributed by atoms with Crippen LogP contribution >= 0.6 is 0 Å². The standard InChI is InChI=1S/C64H127NO10/c1-3-5-7-9-11-13-15-17-19-21-23-25-26-27-28-29-30-32-34-36-38-40-42-44-46-48-50-52-57(68)63(73)65-55(54-74-64-62(72)61(71)60(70)58(53-66)75-64)59(69)56(67)51-49-47-45-43-41-39-37-35-33-31-24-22-20-18-16-14-12-10-8-6-4-2/h55-62,64,66-72H,3-54H2,1-2H3,(H,65,73). The number of carbonyl (C=O) groups excluding carboxylic acids is 1. The van der Waals surface area contributed by atoms with Gasteiger partial charge < -0.3 is 50.5 Å². The maximum atomic E-state index is 13.2. The highest BCUT2D eigenvalue weighted by Gasteiger charge is 2.44. The van der Waals surface area contributed by atoms with Gasteiger partial charge in [-0.3, -0.25) is 4.79 Å².